The predicted molar refractivity (Wildman–Crippen MR) is 49.5 cm³/mol. The molecule has 0 aliphatic rings. The lowest BCUT2D eigenvalue weighted by atomic mass is 10.1. The topological polar surface area (TPSA) is 20.2 Å². The van der Waals surface area contributed by atoms with Crippen LogP contribution in [0.5, 0.6) is 0 Å². The van der Waals surface area contributed by atoms with Crippen molar-refractivity contribution >= 4 is 0 Å². The van der Waals surface area contributed by atoms with Crippen molar-refractivity contribution in [3.63, 3.8) is 0 Å². The first-order chi connectivity index (χ1) is 5.27. The molecule has 66 valence electrons. The number of aliphatic hydroxyl groups is 1. The summed E-state index contributed by atoms with van der Waals surface area (Å²) in [7, 11) is 0. The Morgan fingerprint density at radius 1 is 1.18 bits per heavy atom. The van der Waals surface area contributed by atoms with Gasteiger partial charge < -0.3 is 5.11 Å². The van der Waals surface area contributed by atoms with E-state index >= 15 is 0 Å². The van der Waals surface area contributed by atoms with Crippen LogP contribution in [0.15, 0.2) is 12.2 Å². The molecule has 0 aromatic heterocycles. The first-order valence-corrected chi connectivity index (χ1v) is 4.55. The highest BCUT2D eigenvalue weighted by Gasteiger charge is 1.86. The highest BCUT2D eigenvalue weighted by atomic mass is 16.2. The molecule has 0 radical (unpaired) electrons. The molecule has 0 saturated heterocycles. The van der Waals surface area contributed by atoms with Gasteiger partial charge in [0.05, 0.1) is 0 Å². The van der Waals surface area contributed by atoms with Crippen molar-refractivity contribution in [3.8, 4) is 0 Å². The minimum Gasteiger partial charge on any atom is -0.396 e. The van der Waals surface area contributed by atoms with E-state index in [0.717, 1.165) is 19.3 Å². The van der Waals surface area contributed by atoms with Crippen LogP contribution in [0.2, 0.25) is 0 Å². The number of allylic oxidation sites excluding steroid dienone is 2. The molecule has 0 rings (SSSR count). The summed E-state index contributed by atoms with van der Waals surface area (Å²) in [5, 5.41) is 8.49. The number of aliphatic hydroxyl groups excluding tert-OH is 1. The molecular weight excluding hydrogens is 136 g/mol. The number of hydrogen-bond donors (Lipinski definition) is 1. The molecule has 0 heterocycles. The van der Waals surface area contributed by atoms with Gasteiger partial charge in [-0.05, 0) is 25.2 Å². The van der Waals surface area contributed by atoms with E-state index in [-0.39, 0.29) is 0 Å². The van der Waals surface area contributed by atoms with Gasteiger partial charge in [-0.3, -0.25) is 0 Å². The van der Waals surface area contributed by atoms with Gasteiger partial charge in [-0.1, -0.05) is 32.4 Å². The van der Waals surface area contributed by atoms with Gasteiger partial charge in [0, 0.05) is 6.61 Å². The van der Waals surface area contributed by atoms with E-state index in [4.69, 9.17) is 5.11 Å². The molecule has 1 heteroatoms. The van der Waals surface area contributed by atoms with Gasteiger partial charge in [-0.25, -0.2) is 0 Å². The maximum atomic E-state index is 8.49. The van der Waals surface area contributed by atoms with Crippen molar-refractivity contribution in [2.24, 2.45) is 5.92 Å². The third-order valence-electron chi connectivity index (χ3n) is 1.55. The van der Waals surface area contributed by atoms with Gasteiger partial charge in [-0.15, -0.1) is 0 Å². The Labute approximate surface area is 70.1 Å². The molecule has 0 fully saturated rings. The smallest absolute Gasteiger partial charge is 0.0431 e. The fourth-order valence-corrected chi connectivity index (χ4v) is 0.919. The second kappa shape index (κ2) is 7.80. The van der Waals surface area contributed by atoms with Crippen molar-refractivity contribution in [1.29, 1.82) is 0 Å². The maximum Gasteiger partial charge on any atom is 0.0431 e. The van der Waals surface area contributed by atoms with Crippen molar-refractivity contribution in [1.82, 2.24) is 0 Å². The molecule has 0 amide bonds. The van der Waals surface area contributed by atoms with Crippen LogP contribution in [-0.4, -0.2) is 11.7 Å². The predicted octanol–water partition coefficient (Wildman–Crippen LogP) is 2.75. The van der Waals surface area contributed by atoms with E-state index in [2.05, 4.69) is 26.0 Å². The van der Waals surface area contributed by atoms with Crippen LogP contribution >= 0.6 is 0 Å². The molecular formula is C10H20O. The van der Waals surface area contributed by atoms with Crippen LogP contribution in [0.25, 0.3) is 0 Å². The Hall–Kier alpha value is -0.300. The molecule has 1 N–H and O–H groups in total. The summed E-state index contributed by atoms with van der Waals surface area (Å²) >= 11 is 0. The first kappa shape index (κ1) is 10.7. The zero-order chi connectivity index (χ0) is 8.53. The van der Waals surface area contributed by atoms with E-state index in [1.807, 2.05) is 0 Å². The largest absolute Gasteiger partial charge is 0.396 e. The van der Waals surface area contributed by atoms with Crippen molar-refractivity contribution < 1.29 is 5.11 Å². The average molecular weight is 156 g/mol. The summed E-state index contributed by atoms with van der Waals surface area (Å²) < 4.78 is 0. The lowest BCUT2D eigenvalue weighted by molar-refractivity contribution is 0.283. The fraction of sp³-hybridized carbons (Fsp3) is 0.800. The molecule has 0 spiro atoms. The monoisotopic (exact) mass is 156 g/mol. The minimum atomic E-state index is 0.341. The Bertz CT molecular complexity index is 95.0. The third-order valence-corrected chi connectivity index (χ3v) is 1.55. The molecule has 0 bridgehead atoms. The fourth-order valence-electron chi connectivity index (χ4n) is 0.919. The zero-order valence-electron chi connectivity index (χ0n) is 7.71. The van der Waals surface area contributed by atoms with Gasteiger partial charge in [0.2, 0.25) is 0 Å². The average Bonchev–Trinajstić information content (AvgIpc) is 1.96. The minimum absolute atomic E-state index is 0.341. The molecule has 0 aliphatic heterocycles. The highest BCUT2D eigenvalue weighted by Crippen LogP contribution is 2.02. The first-order valence-electron chi connectivity index (χ1n) is 4.55. The van der Waals surface area contributed by atoms with Crippen molar-refractivity contribution in [2.75, 3.05) is 6.61 Å². The van der Waals surface area contributed by atoms with Crippen LogP contribution in [0.3, 0.4) is 0 Å². The molecule has 0 atom stereocenters. The van der Waals surface area contributed by atoms with Crippen molar-refractivity contribution in [3.05, 3.63) is 12.2 Å². The molecule has 0 aromatic rings. The molecule has 0 aliphatic carbocycles. The lowest BCUT2D eigenvalue weighted by Gasteiger charge is -1.95. The normalized spacial score (nSPS) is 11.6. The van der Waals surface area contributed by atoms with E-state index in [0.29, 0.717) is 12.5 Å². The van der Waals surface area contributed by atoms with E-state index in [1.165, 1.54) is 6.42 Å². The van der Waals surface area contributed by atoms with Gasteiger partial charge >= 0.3 is 0 Å². The summed E-state index contributed by atoms with van der Waals surface area (Å²) in [4.78, 5) is 0. The van der Waals surface area contributed by atoms with E-state index < -0.39 is 0 Å². The summed E-state index contributed by atoms with van der Waals surface area (Å²) in [5.74, 6) is 0.674. The molecule has 0 saturated carbocycles. The molecule has 0 unspecified atom stereocenters. The standard InChI is InChI=1S/C10H20O/c1-10(2)8-6-4-3-5-7-9-11/h6,8,10-11H,3-5,7,9H2,1-2H3. The van der Waals surface area contributed by atoms with Crippen LogP contribution in [0.4, 0.5) is 0 Å². The molecule has 1 nitrogen and oxygen atoms in total. The third kappa shape index (κ3) is 9.70. The van der Waals surface area contributed by atoms with Crippen LogP contribution < -0.4 is 0 Å². The Balaban J connectivity index is 3.01. The molecule has 0 aromatic carbocycles. The molecule has 11 heavy (non-hydrogen) atoms. The van der Waals surface area contributed by atoms with Crippen LogP contribution in [-0.2, 0) is 0 Å². The van der Waals surface area contributed by atoms with Gasteiger partial charge in [0.15, 0.2) is 0 Å². The van der Waals surface area contributed by atoms with Crippen LogP contribution in [0, 0.1) is 5.92 Å². The second-order valence-electron chi connectivity index (χ2n) is 3.25. The van der Waals surface area contributed by atoms with Gasteiger partial charge in [0.1, 0.15) is 0 Å². The van der Waals surface area contributed by atoms with Crippen LogP contribution in [0.1, 0.15) is 39.5 Å². The zero-order valence-corrected chi connectivity index (χ0v) is 7.71. The summed E-state index contributed by atoms with van der Waals surface area (Å²) in [6.07, 6.45) is 8.96. The summed E-state index contributed by atoms with van der Waals surface area (Å²) in [6, 6.07) is 0. The van der Waals surface area contributed by atoms with E-state index in [9.17, 15) is 0 Å². The van der Waals surface area contributed by atoms with Gasteiger partial charge in [0.25, 0.3) is 0 Å². The lowest BCUT2D eigenvalue weighted by Crippen LogP contribution is -1.82. The maximum absolute atomic E-state index is 8.49. The summed E-state index contributed by atoms with van der Waals surface area (Å²) in [5.41, 5.74) is 0. The highest BCUT2D eigenvalue weighted by molar-refractivity contribution is 4.83. The number of hydrogen-bond acceptors (Lipinski definition) is 1. The van der Waals surface area contributed by atoms with Crippen molar-refractivity contribution in [2.45, 2.75) is 39.5 Å². The Morgan fingerprint density at radius 3 is 2.45 bits per heavy atom. The SMILES string of the molecule is CC(C)C=CCCCCCO. The summed E-state index contributed by atoms with van der Waals surface area (Å²) in [6.45, 7) is 4.71. The van der Waals surface area contributed by atoms with E-state index in [1.54, 1.807) is 0 Å². The Kier molecular flexibility index (Phi) is 7.59. The quantitative estimate of drug-likeness (QED) is 0.463. The van der Waals surface area contributed by atoms with Gasteiger partial charge in [-0.2, -0.15) is 0 Å². The number of rotatable bonds is 6. The number of unbranched alkanes of at least 4 members (excludes halogenated alkanes) is 3. The Morgan fingerprint density at radius 2 is 1.91 bits per heavy atom. The second-order valence-corrected chi connectivity index (χ2v) is 3.25.